The number of piperazine rings is 1. The summed E-state index contributed by atoms with van der Waals surface area (Å²) in [6.07, 6.45) is 0.467. The summed E-state index contributed by atoms with van der Waals surface area (Å²) in [7, 11) is 0. The molecule has 3 aromatic rings. The number of hydrogen-bond acceptors (Lipinski definition) is 6. The Morgan fingerprint density at radius 2 is 1.80 bits per heavy atom. The van der Waals surface area contributed by atoms with Crippen LogP contribution in [0.1, 0.15) is 48.4 Å². The molecular formula is C34H39N5O5. The third kappa shape index (κ3) is 5.81. The molecule has 3 aliphatic heterocycles. The van der Waals surface area contributed by atoms with Gasteiger partial charge in [-0.15, -0.1) is 0 Å². The number of amides is 4. The number of phenolic OH excluding ortho intramolecular Hbond substituents is 1. The quantitative estimate of drug-likeness (QED) is 0.388. The summed E-state index contributed by atoms with van der Waals surface area (Å²) < 4.78 is 6.04. The van der Waals surface area contributed by atoms with E-state index in [0.717, 1.165) is 28.0 Å². The van der Waals surface area contributed by atoms with Crippen molar-refractivity contribution in [3.05, 3.63) is 95.1 Å². The Balaban J connectivity index is 1.30. The molecule has 1 unspecified atom stereocenters. The van der Waals surface area contributed by atoms with Crippen molar-refractivity contribution in [1.82, 2.24) is 25.1 Å². The van der Waals surface area contributed by atoms with Gasteiger partial charge in [0, 0.05) is 43.1 Å². The van der Waals surface area contributed by atoms with E-state index >= 15 is 0 Å². The van der Waals surface area contributed by atoms with Crippen LogP contribution in [0.3, 0.4) is 0 Å². The number of benzene rings is 3. The highest BCUT2D eigenvalue weighted by Gasteiger charge is 2.52. The van der Waals surface area contributed by atoms with Crippen molar-refractivity contribution in [2.24, 2.45) is 0 Å². The molecule has 2 fully saturated rings. The van der Waals surface area contributed by atoms with Crippen LogP contribution < -0.4 is 10.1 Å². The maximum absolute atomic E-state index is 14.2. The van der Waals surface area contributed by atoms with Crippen LogP contribution in [0.2, 0.25) is 0 Å². The minimum Gasteiger partial charge on any atom is -0.508 e. The van der Waals surface area contributed by atoms with Gasteiger partial charge in [-0.05, 0) is 29.7 Å². The molecule has 0 saturated carbocycles. The van der Waals surface area contributed by atoms with E-state index in [2.05, 4.69) is 18.3 Å². The predicted octanol–water partition coefficient (Wildman–Crippen LogP) is 3.85. The van der Waals surface area contributed by atoms with Crippen LogP contribution in [-0.2, 0) is 29.1 Å². The zero-order valence-electron chi connectivity index (χ0n) is 25.2. The number of nitrogens with one attached hydrogen (secondary N) is 1. The lowest BCUT2D eigenvalue weighted by molar-refractivity contribution is -0.157. The van der Waals surface area contributed by atoms with E-state index in [4.69, 9.17) is 4.74 Å². The first-order valence-corrected chi connectivity index (χ1v) is 15.3. The number of carbonyl (C=O) groups is 3. The standard InChI is InChI=1S/C34H39N5O5/c1-3-16-37(34(43)35-18-25-8-5-4-6-9-25)38-21-31(41)39-29(17-24-12-14-27(40)15-13-24)33(42)36(20-30(38)39)19-26-10-7-11-28-23(2)22-44-32(26)28/h4-15,23,29-30,40H,3,16-22H2,1-2H3,(H,35,43)/t23?,29-,30+/m0/s1. The van der Waals surface area contributed by atoms with Crippen molar-refractivity contribution in [3.8, 4) is 11.5 Å². The number of hydrogen-bond donors (Lipinski definition) is 2. The number of carbonyl (C=O) groups excluding carboxylic acids is 3. The number of urea groups is 1. The fourth-order valence-corrected chi connectivity index (χ4v) is 6.47. The molecule has 6 rings (SSSR count). The highest BCUT2D eigenvalue weighted by atomic mass is 16.5. The lowest BCUT2D eigenvalue weighted by atomic mass is 9.98. The molecule has 3 aromatic carbocycles. The number of ether oxygens (including phenoxy) is 1. The molecule has 0 aliphatic carbocycles. The zero-order valence-corrected chi connectivity index (χ0v) is 25.2. The minimum atomic E-state index is -0.761. The van der Waals surface area contributed by atoms with Gasteiger partial charge in [-0.25, -0.2) is 4.79 Å². The highest BCUT2D eigenvalue weighted by Crippen LogP contribution is 2.38. The van der Waals surface area contributed by atoms with Crippen molar-refractivity contribution in [2.45, 2.75) is 57.9 Å². The van der Waals surface area contributed by atoms with E-state index < -0.39 is 12.2 Å². The largest absolute Gasteiger partial charge is 0.508 e. The molecule has 2 N–H and O–H groups in total. The number of fused-ring (bicyclic) bond motifs is 2. The van der Waals surface area contributed by atoms with Crippen LogP contribution in [-0.4, -0.2) is 81.2 Å². The second kappa shape index (κ2) is 12.6. The van der Waals surface area contributed by atoms with Gasteiger partial charge in [0.2, 0.25) is 11.8 Å². The maximum atomic E-state index is 14.2. The van der Waals surface area contributed by atoms with Crippen LogP contribution in [0.5, 0.6) is 11.5 Å². The summed E-state index contributed by atoms with van der Waals surface area (Å²) in [5.74, 6) is 0.901. The highest BCUT2D eigenvalue weighted by molar-refractivity contribution is 5.92. The summed E-state index contributed by atoms with van der Waals surface area (Å²) in [6.45, 7) is 6.09. The number of phenols is 1. The molecule has 2 saturated heterocycles. The predicted molar refractivity (Wildman–Crippen MR) is 164 cm³/mol. The Morgan fingerprint density at radius 1 is 1.02 bits per heavy atom. The third-order valence-electron chi connectivity index (χ3n) is 8.70. The number of rotatable bonds is 9. The van der Waals surface area contributed by atoms with Crippen LogP contribution >= 0.6 is 0 Å². The Labute approximate surface area is 257 Å². The number of para-hydroxylation sites is 1. The second-order valence-corrected chi connectivity index (χ2v) is 11.8. The molecule has 4 amide bonds. The van der Waals surface area contributed by atoms with Crippen LogP contribution in [0.15, 0.2) is 72.8 Å². The van der Waals surface area contributed by atoms with E-state index in [1.165, 1.54) is 0 Å². The van der Waals surface area contributed by atoms with Crippen molar-refractivity contribution in [2.75, 3.05) is 26.2 Å². The van der Waals surface area contributed by atoms with E-state index in [0.29, 0.717) is 39.1 Å². The SMILES string of the molecule is CCCN(C(=O)NCc1ccccc1)N1CC(=O)N2[C@@H](Cc3ccc(O)cc3)C(=O)N(Cc3cccc4c3OCC4C)C[C@@H]21. The molecule has 0 bridgehead atoms. The monoisotopic (exact) mass is 597 g/mol. The lowest BCUT2D eigenvalue weighted by Crippen LogP contribution is -2.66. The third-order valence-corrected chi connectivity index (χ3v) is 8.70. The van der Waals surface area contributed by atoms with Crippen molar-refractivity contribution in [3.63, 3.8) is 0 Å². The van der Waals surface area contributed by atoms with E-state index in [1.54, 1.807) is 39.1 Å². The van der Waals surface area contributed by atoms with Gasteiger partial charge in [0.05, 0.1) is 19.7 Å². The average Bonchev–Trinajstić information content (AvgIpc) is 3.57. The molecule has 230 valence electrons. The van der Waals surface area contributed by atoms with Crippen LogP contribution in [0.25, 0.3) is 0 Å². The number of nitrogens with zero attached hydrogens (tertiary/aromatic N) is 4. The number of hydrazine groups is 1. The zero-order chi connectivity index (χ0) is 30.8. The molecule has 0 spiro atoms. The summed E-state index contributed by atoms with van der Waals surface area (Å²) >= 11 is 0. The van der Waals surface area contributed by atoms with Gasteiger partial charge in [0.25, 0.3) is 0 Å². The molecule has 44 heavy (non-hydrogen) atoms. The van der Waals surface area contributed by atoms with E-state index in [-0.39, 0.29) is 42.6 Å². The number of aromatic hydroxyl groups is 1. The summed E-state index contributed by atoms with van der Waals surface area (Å²) in [5, 5.41) is 16.3. The summed E-state index contributed by atoms with van der Waals surface area (Å²) in [4.78, 5) is 44.9. The minimum absolute atomic E-state index is 0.00200. The van der Waals surface area contributed by atoms with E-state index in [9.17, 15) is 19.5 Å². The first-order chi connectivity index (χ1) is 21.3. The van der Waals surface area contributed by atoms with Crippen LogP contribution in [0, 0.1) is 0 Å². The first-order valence-electron chi connectivity index (χ1n) is 15.3. The lowest BCUT2D eigenvalue weighted by Gasteiger charge is -2.46. The Morgan fingerprint density at radius 3 is 2.55 bits per heavy atom. The molecule has 10 nitrogen and oxygen atoms in total. The molecule has 0 aromatic heterocycles. The second-order valence-electron chi connectivity index (χ2n) is 11.8. The fraction of sp³-hybridized carbons (Fsp3) is 0.382. The van der Waals surface area contributed by atoms with Crippen molar-refractivity contribution >= 4 is 17.8 Å². The van der Waals surface area contributed by atoms with Gasteiger partial charge in [0.15, 0.2) is 0 Å². The van der Waals surface area contributed by atoms with Gasteiger partial charge in [-0.2, -0.15) is 5.01 Å². The Kier molecular flexibility index (Phi) is 8.43. The Bertz CT molecular complexity index is 1510. The van der Waals surface area contributed by atoms with Gasteiger partial charge in [0.1, 0.15) is 23.7 Å². The van der Waals surface area contributed by atoms with E-state index in [1.807, 2.05) is 54.4 Å². The summed E-state index contributed by atoms with van der Waals surface area (Å²) in [6, 6.07) is 21.4. The molecule has 3 heterocycles. The maximum Gasteiger partial charge on any atom is 0.332 e. The van der Waals surface area contributed by atoms with Gasteiger partial charge >= 0.3 is 6.03 Å². The molecule has 0 radical (unpaired) electrons. The smallest absolute Gasteiger partial charge is 0.332 e. The molecular weight excluding hydrogens is 558 g/mol. The molecule has 3 aliphatic rings. The van der Waals surface area contributed by atoms with Crippen molar-refractivity contribution in [1.29, 1.82) is 0 Å². The molecule has 10 heteroatoms. The first kappa shape index (κ1) is 29.5. The molecule has 3 atom stereocenters. The summed E-state index contributed by atoms with van der Waals surface area (Å²) in [5.41, 5.74) is 3.87. The van der Waals surface area contributed by atoms with Gasteiger partial charge in [-0.3, -0.25) is 14.6 Å². The van der Waals surface area contributed by atoms with Crippen LogP contribution in [0.4, 0.5) is 4.79 Å². The Hall–Kier alpha value is -4.57. The average molecular weight is 598 g/mol. The normalized spacial score (nSPS) is 21.2. The topological polar surface area (TPSA) is 106 Å². The van der Waals surface area contributed by atoms with Crippen molar-refractivity contribution < 1.29 is 24.2 Å². The fourth-order valence-electron chi connectivity index (χ4n) is 6.47. The van der Waals surface area contributed by atoms with Gasteiger partial charge in [-0.1, -0.05) is 74.5 Å². The van der Waals surface area contributed by atoms with Gasteiger partial charge < -0.3 is 25.0 Å².